The SMILES string of the molecule is Cc1cc(C2=CC=CC=CC2(C)C)ccc1N(c1ccccc1)c1ccc(-c2ccc(-c3ccc(N(C4=CCCC=C4)c4ccc(-c5cccc6c5ccn6-c5ccccc5)cc4)cc3)cc2)cc1. The maximum Gasteiger partial charge on any atom is 0.0534 e. The van der Waals surface area contributed by atoms with Gasteiger partial charge in [0.1, 0.15) is 0 Å². The molecule has 0 radical (unpaired) electrons. The molecule has 3 nitrogen and oxygen atoms in total. The van der Waals surface area contributed by atoms with Crippen LogP contribution in [0.2, 0.25) is 0 Å². The first kappa shape index (κ1) is 43.2. The molecule has 0 saturated heterocycles. The minimum Gasteiger partial charge on any atom is -0.317 e. The molecular formula is C66H55N3. The van der Waals surface area contributed by atoms with Crippen molar-refractivity contribution in [3.05, 3.63) is 272 Å². The van der Waals surface area contributed by atoms with Crippen LogP contribution in [0.4, 0.5) is 28.4 Å². The number of para-hydroxylation sites is 2. The highest BCUT2D eigenvalue weighted by Crippen LogP contribution is 2.43. The van der Waals surface area contributed by atoms with Gasteiger partial charge in [-0.25, -0.2) is 0 Å². The van der Waals surface area contributed by atoms with Gasteiger partial charge in [-0.05, 0) is 161 Å². The van der Waals surface area contributed by atoms with Crippen molar-refractivity contribution in [2.45, 2.75) is 33.6 Å². The molecule has 334 valence electrons. The van der Waals surface area contributed by atoms with Crippen LogP contribution in [0.3, 0.4) is 0 Å². The van der Waals surface area contributed by atoms with Gasteiger partial charge in [0.2, 0.25) is 0 Å². The number of hydrogen-bond acceptors (Lipinski definition) is 2. The topological polar surface area (TPSA) is 11.4 Å². The smallest absolute Gasteiger partial charge is 0.0534 e. The number of aromatic nitrogens is 1. The summed E-state index contributed by atoms with van der Waals surface area (Å²) in [5, 5.41) is 1.24. The molecule has 1 aromatic heterocycles. The molecule has 0 atom stereocenters. The Labute approximate surface area is 407 Å². The Morgan fingerprint density at radius 2 is 1.04 bits per heavy atom. The first-order valence-electron chi connectivity index (χ1n) is 24.1. The second-order valence-corrected chi connectivity index (χ2v) is 18.6. The van der Waals surface area contributed by atoms with E-state index in [1.165, 1.54) is 72.4 Å². The molecule has 69 heavy (non-hydrogen) atoms. The van der Waals surface area contributed by atoms with Gasteiger partial charge in [0.05, 0.1) is 5.52 Å². The predicted molar refractivity (Wildman–Crippen MR) is 294 cm³/mol. The fourth-order valence-electron chi connectivity index (χ4n) is 10.1. The van der Waals surface area contributed by atoms with Crippen LogP contribution in [-0.2, 0) is 0 Å². The zero-order valence-electron chi connectivity index (χ0n) is 39.5. The van der Waals surface area contributed by atoms with Gasteiger partial charge in [0.25, 0.3) is 0 Å². The summed E-state index contributed by atoms with van der Waals surface area (Å²) in [5.74, 6) is 0. The van der Waals surface area contributed by atoms with E-state index in [0.717, 1.165) is 41.3 Å². The Kier molecular flexibility index (Phi) is 11.7. The van der Waals surface area contributed by atoms with Gasteiger partial charge in [0.15, 0.2) is 0 Å². The molecule has 2 aliphatic rings. The van der Waals surface area contributed by atoms with E-state index in [1.54, 1.807) is 0 Å². The average Bonchev–Trinajstić information content (AvgIpc) is 3.76. The number of allylic oxidation sites excluding steroid dienone is 9. The van der Waals surface area contributed by atoms with Crippen molar-refractivity contribution >= 4 is 44.9 Å². The Morgan fingerprint density at radius 1 is 0.478 bits per heavy atom. The summed E-state index contributed by atoms with van der Waals surface area (Å²) in [7, 11) is 0. The first-order valence-corrected chi connectivity index (χ1v) is 24.1. The fraction of sp³-hybridized carbons (Fsp3) is 0.0909. The monoisotopic (exact) mass is 889 g/mol. The van der Waals surface area contributed by atoms with E-state index in [4.69, 9.17) is 0 Å². The molecule has 0 spiro atoms. The molecule has 11 rings (SSSR count). The van der Waals surface area contributed by atoms with Gasteiger partial charge >= 0.3 is 0 Å². The molecule has 0 bridgehead atoms. The molecule has 0 N–H and O–H groups in total. The zero-order valence-corrected chi connectivity index (χ0v) is 39.5. The number of rotatable bonds is 11. The van der Waals surface area contributed by atoms with Crippen LogP contribution in [0.25, 0.3) is 55.5 Å². The largest absolute Gasteiger partial charge is 0.317 e. The van der Waals surface area contributed by atoms with E-state index >= 15 is 0 Å². The van der Waals surface area contributed by atoms with Crippen LogP contribution in [0.5, 0.6) is 0 Å². The van der Waals surface area contributed by atoms with E-state index in [9.17, 15) is 0 Å². The average molecular weight is 890 g/mol. The molecule has 1 heterocycles. The van der Waals surface area contributed by atoms with E-state index < -0.39 is 0 Å². The van der Waals surface area contributed by atoms with Crippen LogP contribution >= 0.6 is 0 Å². The van der Waals surface area contributed by atoms with E-state index in [-0.39, 0.29) is 5.41 Å². The van der Waals surface area contributed by atoms with Gasteiger partial charge in [-0.2, -0.15) is 0 Å². The lowest BCUT2D eigenvalue weighted by Gasteiger charge is -2.29. The standard InChI is InChI=1S/C66H55N3/c1-48-47-54(63-24-14-7-15-45-66(63,2)3)36-43-64(48)69(57-21-12-6-13-22-57)60-39-32-52(33-40-60)50-28-26-49(27-29-50)51-30-37-58(38-31-51)68(56-19-10-5-11-20-56)59-41-34-53(35-42-59)61-23-16-25-65-62(61)44-46-67(65)55-17-8-4-9-18-55/h4,6-10,12-47H,5,11H2,1-3H3. The van der Waals surface area contributed by atoms with Crippen molar-refractivity contribution in [1.29, 1.82) is 0 Å². The third-order valence-electron chi connectivity index (χ3n) is 13.7. The van der Waals surface area contributed by atoms with Gasteiger partial charge in [-0.15, -0.1) is 0 Å². The van der Waals surface area contributed by atoms with Gasteiger partial charge in [-0.1, -0.05) is 172 Å². The number of fused-ring (bicyclic) bond motifs is 1. The van der Waals surface area contributed by atoms with Crippen molar-refractivity contribution in [3.8, 4) is 39.1 Å². The van der Waals surface area contributed by atoms with Crippen molar-refractivity contribution < 1.29 is 0 Å². The fourth-order valence-corrected chi connectivity index (χ4v) is 10.1. The molecular weight excluding hydrogens is 835 g/mol. The summed E-state index contributed by atoms with van der Waals surface area (Å²) in [6.07, 6.45) is 22.1. The molecule has 0 amide bonds. The summed E-state index contributed by atoms with van der Waals surface area (Å²) in [6.45, 7) is 6.79. The molecule has 2 aliphatic carbocycles. The van der Waals surface area contributed by atoms with Crippen LogP contribution in [0.15, 0.2) is 261 Å². The lowest BCUT2D eigenvalue weighted by Crippen LogP contribution is -2.16. The normalized spacial score (nSPS) is 14.0. The molecule has 9 aromatic rings. The third-order valence-corrected chi connectivity index (χ3v) is 13.7. The summed E-state index contributed by atoms with van der Waals surface area (Å²) < 4.78 is 2.27. The number of aryl methyl sites for hydroxylation is 1. The highest BCUT2D eigenvalue weighted by Gasteiger charge is 2.24. The maximum absolute atomic E-state index is 2.38. The van der Waals surface area contributed by atoms with Crippen LogP contribution in [0.1, 0.15) is 37.8 Å². The lowest BCUT2D eigenvalue weighted by molar-refractivity contribution is 0.650. The predicted octanol–water partition coefficient (Wildman–Crippen LogP) is 18.3. The van der Waals surface area contributed by atoms with Crippen LogP contribution in [-0.4, -0.2) is 4.57 Å². The molecule has 3 heteroatoms. The van der Waals surface area contributed by atoms with Crippen molar-refractivity contribution in [3.63, 3.8) is 0 Å². The maximum atomic E-state index is 2.38. The number of benzene rings is 8. The third kappa shape index (κ3) is 8.72. The lowest BCUT2D eigenvalue weighted by atomic mass is 9.80. The molecule has 0 fully saturated rings. The second-order valence-electron chi connectivity index (χ2n) is 18.6. The highest BCUT2D eigenvalue weighted by atomic mass is 15.2. The highest BCUT2D eigenvalue weighted by molar-refractivity contribution is 5.97. The molecule has 0 saturated carbocycles. The van der Waals surface area contributed by atoms with Gasteiger partial charge in [-0.3, -0.25) is 0 Å². The summed E-state index contributed by atoms with van der Waals surface area (Å²) in [4.78, 5) is 4.75. The van der Waals surface area contributed by atoms with Crippen molar-refractivity contribution in [2.24, 2.45) is 5.41 Å². The summed E-state index contributed by atoms with van der Waals surface area (Å²) >= 11 is 0. The van der Waals surface area contributed by atoms with Crippen LogP contribution in [0, 0.1) is 12.3 Å². The van der Waals surface area contributed by atoms with Gasteiger partial charge in [0, 0.05) is 56.8 Å². The molecule has 8 aromatic carbocycles. The Hall–Kier alpha value is -8.40. The first-order chi connectivity index (χ1) is 33.9. The molecule has 0 aliphatic heterocycles. The number of nitrogens with zero attached hydrogens (tertiary/aromatic N) is 3. The van der Waals surface area contributed by atoms with Crippen LogP contribution < -0.4 is 9.80 Å². The number of anilines is 5. The summed E-state index contributed by atoms with van der Waals surface area (Å²) in [6, 6.07) is 73.0. The second kappa shape index (κ2) is 18.7. The van der Waals surface area contributed by atoms with Gasteiger partial charge < -0.3 is 14.4 Å². The van der Waals surface area contributed by atoms with E-state index in [1.807, 2.05) is 0 Å². The minimum atomic E-state index is -0.0633. The van der Waals surface area contributed by atoms with E-state index in [0.29, 0.717) is 0 Å². The van der Waals surface area contributed by atoms with E-state index in [2.05, 4.69) is 290 Å². The Bertz CT molecular complexity index is 3420. The van der Waals surface area contributed by atoms with Crippen molar-refractivity contribution in [2.75, 3.05) is 9.80 Å². The summed E-state index contributed by atoms with van der Waals surface area (Å²) in [5.41, 5.74) is 20.2. The number of hydrogen-bond donors (Lipinski definition) is 0. The zero-order chi connectivity index (χ0) is 46.7. The quantitative estimate of drug-likeness (QED) is 0.128. The Morgan fingerprint density at radius 3 is 1.65 bits per heavy atom. The minimum absolute atomic E-state index is 0.0633. The van der Waals surface area contributed by atoms with Crippen molar-refractivity contribution in [1.82, 2.24) is 4.57 Å². The molecule has 0 unspecified atom stereocenters. The Balaban J connectivity index is 0.830.